The van der Waals surface area contributed by atoms with Crippen LogP contribution in [-0.4, -0.2) is 26.5 Å². The highest BCUT2D eigenvalue weighted by molar-refractivity contribution is 7.89. The zero-order valence-corrected chi connectivity index (χ0v) is 12.0. The van der Waals surface area contributed by atoms with Crippen LogP contribution in [0.15, 0.2) is 23.4 Å². The number of aromatic nitrogens is 1. The molecule has 1 aliphatic rings. The quantitative estimate of drug-likeness (QED) is 0.802. The smallest absolute Gasteiger partial charge is 0.244 e. The fourth-order valence-electron chi connectivity index (χ4n) is 2.00. The van der Waals surface area contributed by atoms with Crippen LogP contribution in [0.2, 0.25) is 0 Å². The van der Waals surface area contributed by atoms with Gasteiger partial charge in [0.25, 0.3) is 0 Å². The molecule has 0 aromatic carbocycles. The second-order valence-electron chi connectivity index (χ2n) is 4.95. The van der Waals surface area contributed by atoms with Crippen LogP contribution in [0.1, 0.15) is 32.6 Å². The van der Waals surface area contributed by atoms with E-state index in [9.17, 15) is 8.42 Å². The average Bonchev–Trinajstić information content (AvgIpc) is 2.34. The first kappa shape index (κ1) is 14.3. The molecule has 0 radical (unpaired) electrons. The molecule has 5 nitrogen and oxygen atoms in total. The summed E-state index contributed by atoms with van der Waals surface area (Å²) in [6, 6.07) is 1.70. The molecule has 0 aliphatic heterocycles. The lowest BCUT2D eigenvalue weighted by Crippen LogP contribution is -2.32. The lowest BCUT2D eigenvalue weighted by atomic mass is 9.86. The largest absolute Gasteiger partial charge is 0.384 e. The van der Waals surface area contributed by atoms with E-state index < -0.39 is 10.0 Å². The van der Waals surface area contributed by atoms with Crippen molar-refractivity contribution < 1.29 is 8.42 Å². The van der Waals surface area contributed by atoms with Crippen LogP contribution in [0.25, 0.3) is 0 Å². The van der Waals surface area contributed by atoms with Crippen molar-refractivity contribution in [3.63, 3.8) is 0 Å². The standard InChI is InChI=1S/C13H21N3O2S/c1-2-7-15-12-6-8-14-10-13(12)19(17,18)16-9-11-4-3-5-11/h6,8,10-11,16H,2-5,7,9H2,1H3,(H,14,15). The van der Waals surface area contributed by atoms with Crippen molar-refractivity contribution in [3.8, 4) is 0 Å². The lowest BCUT2D eigenvalue weighted by molar-refractivity contribution is 0.316. The summed E-state index contributed by atoms with van der Waals surface area (Å²) in [5, 5.41) is 3.13. The molecule has 19 heavy (non-hydrogen) atoms. The van der Waals surface area contributed by atoms with Crippen molar-refractivity contribution >= 4 is 15.7 Å². The van der Waals surface area contributed by atoms with Gasteiger partial charge in [-0.25, -0.2) is 13.1 Å². The van der Waals surface area contributed by atoms with E-state index >= 15 is 0 Å². The van der Waals surface area contributed by atoms with E-state index in [2.05, 4.69) is 15.0 Å². The molecule has 0 amide bonds. The van der Waals surface area contributed by atoms with Crippen LogP contribution < -0.4 is 10.0 Å². The minimum absolute atomic E-state index is 0.239. The van der Waals surface area contributed by atoms with Gasteiger partial charge in [0.2, 0.25) is 10.0 Å². The number of sulfonamides is 1. The number of nitrogens with zero attached hydrogens (tertiary/aromatic N) is 1. The van der Waals surface area contributed by atoms with E-state index in [0.717, 1.165) is 25.8 Å². The third kappa shape index (κ3) is 3.67. The van der Waals surface area contributed by atoms with E-state index in [1.165, 1.54) is 12.6 Å². The summed E-state index contributed by atoms with van der Waals surface area (Å²) in [7, 11) is -3.47. The third-order valence-electron chi connectivity index (χ3n) is 3.43. The molecule has 1 aromatic rings. The Labute approximate surface area is 114 Å². The summed E-state index contributed by atoms with van der Waals surface area (Å²) < 4.78 is 27.2. The van der Waals surface area contributed by atoms with Crippen molar-refractivity contribution in [1.29, 1.82) is 0 Å². The molecule has 0 bridgehead atoms. The SMILES string of the molecule is CCCNc1ccncc1S(=O)(=O)NCC1CCC1. The molecule has 1 heterocycles. The van der Waals surface area contributed by atoms with Gasteiger partial charge >= 0.3 is 0 Å². The Morgan fingerprint density at radius 1 is 1.42 bits per heavy atom. The molecule has 1 fully saturated rings. The molecular formula is C13H21N3O2S. The van der Waals surface area contributed by atoms with Gasteiger partial charge in [-0.05, 0) is 31.2 Å². The number of pyridine rings is 1. The first-order valence-electron chi connectivity index (χ1n) is 6.81. The number of nitrogens with one attached hydrogen (secondary N) is 2. The average molecular weight is 283 g/mol. The maximum atomic E-state index is 12.3. The summed E-state index contributed by atoms with van der Waals surface area (Å²) in [5.74, 6) is 0.499. The van der Waals surface area contributed by atoms with Crippen molar-refractivity contribution in [2.24, 2.45) is 5.92 Å². The van der Waals surface area contributed by atoms with Gasteiger partial charge in [0.15, 0.2) is 0 Å². The van der Waals surface area contributed by atoms with Crippen LogP contribution in [-0.2, 0) is 10.0 Å². The van der Waals surface area contributed by atoms with Crippen molar-refractivity contribution in [3.05, 3.63) is 18.5 Å². The third-order valence-corrected chi connectivity index (χ3v) is 4.88. The predicted molar refractivity (Wildman–Crippen MR) is 75.5 cm³/mol. The van der Waals surface area contributed by atoms with Crippen molar-refractivity contribution in [2.75, 3.05) is 18.4 Å². The highest BCUT2D eigenvalue weighted by Crippen LogP contribution is 2.26. The van der Waals surface area contributed by atoms with E-state index in [1.807, 2.05) is 6.92 Å². The molecule has 106 valence electrons. The lowest BCUT2D eigenvalue weighted by Gasteiger charge is -2.25. The van der Waals surface area contributed by atoms with Crippen LogP contribution >= 0.6 is 0 Å². The van der Waals surface area contributed by atoms with Crippen LogP contribution in [0.4, 0.5) is 5.69 Å². The Hall–Kier alpha value is -1.14. The molecule has 2 rings (SSSR count). The summed E-state index contributed by atoms with van der Waals surface area (Å²) in [5.41, 5.74) is 0.623. The molecule has 0 unspecified atom stereocenters. The zero-order chi connectivity index (χ0) is 13.7. The Kier molecular flexibility index (Phi) is 4.76. The van der Waals surface area contributed by atoms with Gasteiger partial charge in [0, 0.05) is 25.5 Å². The zero-order valence-electron chi connectivity index (χ0n) is 11.2. The highest BCUT2D eigenvalue weighted by Gasteiger charge is 2.23. The van der Waals surface area contributed by atoms with Crippen molar-refractivity contribution in [1.82, 2.24) is 9.71 Å². The molecule has 6 heteroatoms. The molecule has 1 aromatic heterocycles. The van der Waals surface area contributed by atoms with Crippen LogP contribution in [0.3, 0.4) is 0 Å². The highest BCUT2D eigenvalue weighted by atomic mass is 32.2. The maximum Gasteiger partial charge on any atom is 0.244 e. The monoisotopic (exact) mass is 283 g/mol. The van der Waals surface area contributed by atoms with E-state index in [0.29, 0.717) is 18.2 Å². The van der Waals surface area contributed by atoms with Gasteiger partial charge < -0.3 is 5.32 Å². The molecule has 2 N–H and O–H groups in total. The van der Waals surface area contributed by atoms with Gasteiger partial charge in [-0.2, -0.15) is 0 Å². The first-order chi connectivity index (χ1) is 9.13. The van der Waals surface area contributed by atoms with E-state index in [1.54, 1.807) is 12.3 Å². The van der Waals surface area contributed by atoms with Gasteiger partial charge in [0.1, 0.15) is 4.90 Å². The summed E-state index contributed by atoms with van der Waals surface area (Å²) >= 11 is 0. The summed E-state index contributed by atoms with van der Waals surface area (Å²) in [4.78, 5) is 4.16. The molecule has 0 atom stereocenters. The fraction of sp³-hybridized carbons (Fsp3) is 0.615. The number of hydrogen-bond donors (Lipinski definition) is 2. The number of hydrogen-bond acceptors (Lipinski definition) is 4. The van der Waals surface area contributed by atoms with Crippen molar-refractivity contribution in [2.45, 2.75) is 37.5 Å². The Balaban J connectivity index is 2.09. The van der Waals surface area contributed by atoms with E-state index in [4.69, 9.17) is 0 Å². The Morgan fingerprint density at radius 2 is 2.21 bits per heavy atom. The molecule has 1 saturated carbocycles. The van der Waals surface area contributed by atoms with Crippen LogP contribution in [0.5, 0.6) is 0 Å². The molecule has 1 aliphatic carbocycles. The second kappa shape index (κ2) is 6.34. The Morgan fingerprint density at radius 3 is 2.84 bits per heavy atom. The molecular weight excluding hydrogens is 262 g/mol. The van der Waals surface area contributed by atoms with Gasteiger partial charge in [-0.15, -0.1) is 0 Å². The van der Waals surface area contributed by atoms with Gasteiger partial charge in [0.05, 0.1) is 5.69 Å². The molecule has 0 spiro atoms. The minimum Gasteiger partial charge on any atom is -0.384 e. The Bertz CT molecular complexity index is 512. The minimum atomic E-state index is -3.47. The topological polar surface area (TPSA) is 71.1 Å². The maximum absolute atomic E-state index is 12.3. The number of rotatable bonds is 7. The summed E-state index contributed by atoms with van der Waals surface area (Å²) in [6.45, 7) is 3.32. The normalized spacial score (nSPS) is 16.1. The predicted octanol–water partition coefficient (Wildman–Crippen LogP) is 1.98. The molecule has 0 saturated heterocycles. The van der Waals surface area contributed by atoms with Gasteiger partial charge in [-0.1, -0.05) is 13.3 Å². The number of anilines is 1. The van der Waals surface area contributed by atoms with Crippen LogP contribution in [0, 0.1) is 5.92 Å². The first-order valence-corrected chi connectivity index (χ1v) is 8.29. The second-order valence-corrected chi connectivity index (χ2v) is 6.68. The van der Waals surface area contributed by atoms with E-state index in [-0.39, 0.29) is 4.90 Å². The summed E-state index contributed by atoms with van der Waals surface area (Å²) in [6.07, 6.45) is 7.40. The van der Waals surface area contributed by atoms with Gasteiger partial charge in [-0.3, -0.25) is 4.98 Å². The fourth-order valence-corrected chi connectivity index (χ4v) is 3.24.